The lowest BCUT2D eigenvalue weighted by Crippen LogP contribution is -2.61. The Morgan fingerprint density at radius 2 is 1.29 bits per heavy atom. The number of rotatable bonds is 10. The third kappa shape index (κ3) is 9.39. The van der Waals surface area contributed by atoms with Gasteiger partial charge in [-0.3, -0.25) is 24.0 Å². The van der Waals surface area contributed by atoms with Gasteiger partial charge < -0.3 is 43.0 Å². The molecule has 3 rings (SSSR count). The molecule has 232 valence electrons. The van der Waals surface area contributed by atoms with Crippen molar-refractivity contribution in [1.82, 2.24) is 0 Å². The second kappa shape index (κ2) is 15.3. The maximum absolute atomic E-state index is 11.9. The average Bonchev–Trinajstić information content (AvgIpc) is 2.89. The van der Waals surface area contributed by atoms with Gasteiger partial charge in [0.25, 0.3) is 0 Å². The lowest BCUT2D eigenvalue weighted by atomic mass is 9.99. The normalized spacial score (nSPS) is 30.9. The first kappa shape index (κ1) is 33.3. The fraction of sp³-hybridized carbons (Fsp3) is 0.593. The summed E-state index contributed by atoms with van der Waals surface area (Å²) in [4.78, 5) is 60.0. The second-order valence-electron chi connectivity index (χ2n) is 9.44. The summed E-state index contributed by atoms with van der Waals surface area (Å²) >= 11 is 1.17. The number of ether oxygens (including phenoxy) is 8. The minimum absolute atomic E-state index is 0.273. The SMILES string of the molecule is CC(=O)O[C@@H]1[C@@H](OC(C)=O)[C@H](OC[C@H]2O[C@@H](Sc3ccccc3)[C@H](OC(C)=O)[C@@H](OC(C)=O)[C@@H]2O)OC[C@H]1OC(C)=O. The van der Waals surface area contributed by atoms with Crippen LogP contribution < -0.4 is 0 Å². The lowest BCUT2D eigenvalue weighted by Gasteiger charge is -2.44. The van der Waals surface area contributed by atoms with Crippen LogP contribution in [-0.4, -0.2) is 103 Å². The van der Waals surface area contributed by atoms with E-state index in [0.29, 0.717) is 0 Å². The molecule has 2 saturated heterocycles. The second-order valence-corrected chi connectivity index (χ2v) is 10.6. The van der Waals surface area contributed by atoms with E-state index in [9.17, 15) is 29.1 Å². The number of hydrogen-bond acceptors (Lipinski definition) is 15. The van der Waals surface area contributed by atoms with Gasteiger partial charge in [-0.05, 0) is 12.1 Å². The molecule has 2 aliphatic heterocycles. The minimum Gasteiger partial charge on any atom is -0.456 e. The molecule has 0 amide bonds. The van der Waals surface area contributed by atoms with Crippen molar-refractivity contribution >= 4 is 41.6 Å². The topological polar surface area (TPSA) is 179 Å². The van der Waals surface area contributed by atoms with Crippen molar-refractivity contribution in [2.45, 2.75) is 94.0 Å². The Morgan fingerprint density at radius 3 is 1.86 bits per heavy atom. The molecule has 1 aromatic rings. The predicted octanol–water partition coefficient (Wildman–Crippen LogP) is 0.896. The van der Waals surface area contributed by atoms with Gasteiger partial charge in [0.15, 0.2) is 36.8 Å². The number of thioether (sulfide) groups is 1. The van der Waals surface area contributed by atoms with E-state index >= 15 is 0 Å². The van der Waals surface area contributed by atoms with E-state index in [-0.39, 0.29) is 6.61 Å². The van der Waals surface area contributed by atoms with E-state index in [4.69, 9.17) is 37.9 Å². The standard InChI is InChI=1S/C27H34O14S/c1-13(28)36-20-12-35-26(24(39-16(4)31)22(20)37-14(2)29)34-11-19-21(33)23(38-15(3)30)25(40-17(5)32)27(41-19)42-18-9-7-6-8-10-18/h6-10,19-27,33H,11-12H2,1-5H3/t19-,20-,21-,22+,23+,24-,25-,26-,27+/m1/s1. The number of hydrogen-bond donors (Lipinski definition) is 1. The molecule has 9 atom stereocenters. The fourth-order valence-corrected chi connectivity index (χ4v) is 5.57. The Morgan fingerprint density at radius 1 is 0.762 bits per heavy atom. The van der Waals surface area contributed by atoms with Crippen LogP contribution in [0.2, 0.25) is 0 Å². The molecular weight excluding hydrogens is 580 g/mol. The molecule has 0 aliphatic carbocycles. The lowest BCUT2D eigenvalue weighted by molar-refractivity contribution is -0.294. The Bertz CT molecular complexity index is 1110. The van der Waals surface area contributed by atoms with Crippen LogP contribution in [0, 0.1) is 0 Å². The molecule has 2 fully saturated rings. The van der Waals surface area contributed by atoms with Crippen LogP contribution in [0.25, 0.3) is 0 Å². The van der Waals surface area contributed by atoms with E-state index in [1.807, 2.05) is 6.07 Å². The largest absolute Gasteiger partial charge is 0.456 e. The van der Waals surface area contributed by atoms with Crippen molar-refractivity contribution in [3.8, 4) is 0 Å². The van der Waals surface area contributed by atoms with Crippen LogP contribution in [0.5, 0.6) is 0 Å². The van der Waals surface area contributed by atoms with Crippen LogP contribution in [0.3, 0.4) is 0 Å². The summed E-state index contributed by atoms with van der Waals surface area (Å²) in [6, 6.07) is 9.00. The molecule has 1 aromatic carbocycles. The summed E-state index contributed by atoms with van der Waals surface area (Å²) in [5.74, 6) is -3.58. The van der Waals surface area contributed by atoms with Gasteiger partial charge in [0, 0.05) is 39.5 Å². The van der Waals surface area contributed by atoms with Crippen molar-refractivity contribution in [1.29, 1.82) is 0 Å². The highest BCUT2D eigenvalue weighted by Crippen LogP contribution is 2.37. The van der Waals surface area contributed by atoms with E-state index in [1.54, 1.807) is 24.3 Å². The number of esters is 5. The van der Waals surface area contributed by atoms with Gasteiger partial charge in [0.1, 0.15) is 17.6 Å². The summed E-state index contributed by atoms with van der Waals surface area (Å²) in [5.41, 5.74) is -0.948. The van der Waals surface area contributed by atoms with Gasteiger partial charge in [-0.1, -0.05) is 30.0 Å². The zero-order valence-electron chi connectivity index (χ0n) is 23.7. The monoisotopic (exact) mass is 614 g/mol. The number of aliphatic hydroxyl groups excluding tert-OH is 1. The van der Waals surface area contributed by atoms with Gasteiger partial charge in [-0.2, -0.15) is 0 Å². The zero-order chi connectivity index (χ0) is 31.0. The fourth-order valence-electron chi connectivity index (χ4n) is 4.44. The summed E-state index contributed by atoms with van der Waals surface area (Å²) < 4.78 is 44.3. The molecule has 0 unspecified atom stereocenters. The smallest absolute Gasteiger partial charge is 0.303 e. The molecule has 42 heavy (non-hydrogen) atoms. The van der Waals surface area contributed by atoms with Gasteiger partial charge in [-0.25, -0.2) is 0 Å². The maximum atomic E-state index is 11.9. The van der Waals surface area contributed by atoms with Crippen LogP contribution >= 0.6 is 11.8 Å². The van der Waals surface area contributed by atoms with Crippen LogP contribution in [-0.2, 0) is 61.9 Å². The summed E-state index contributed by atoms with van der Waals surface area (Å²) in [5, 5.41) is 11.2. The van der Waals surface area contributed by atoms with E-state index in [0.717, 1.165) is 32.6 Å². The summed E-state index contributed by atoms with van der Waals surface area (Å²) in [7, 11) is 0. The molecular formula is C27H34O14S. The highest BCUT2D eigenvalue weighted by Gasteiger charge is 2.52. The molecule has 0 aromatic heterocycles. The minimum atomic E-state index is -1.53. The molecule has 1 N–H and O–H groups in total. The first-order chi connectivity index (χ1) is 19.8. The first-order valence-electron chi connectivity index (χ1n) is 13.0. The van der Waals surface area contributed by atoms with Crippen molar-refractivity contribution in [3.05, 3.63) is 30.3 Å². The van der Waals surface area contributed by atoms with Crippen molar-refractivity contribution in [2.75, 3.05) is 13.2 Å². The number of benzene rings is 1. The van der Waals surface area contributed by atoms with Gasteiger partial charge >= 0.3 is 29.8 Å². The molecule has 14 nitrogen and oxygen atoms in total. The molecule has 2 aliphatic rings. The molecule has 0 saturated carbocycles. The molecule has 0 radical (unpaired) electrons. The highest BCUT2D eigenvalue weighted by molar-refractivity contribution is 7.99. The first-order valence-corrected chi connectivity index (χ1v) is 13.9. The Kier molecular flexibility index (Phi) is 12.1. The third-order valence-corrected chi connectivity index (χ3v) is 7.10. The Hall–Kier alpha value is -3.24. The van der Waals surface area contributed by atoms with Crippen molar-refractivity contribution in [3.63, 3.8) is 0 Å². The van der Waals surface area contributed by atoms with Crippen LogP contribution in [0.15, 0.2) is 35.2 Å². The summed E-state index contributed by atoms with van der Waals surface area (Å²) in [6.07, 6.45) is -10.3. The zero-order valence-corrected chi connectivity index (χ0v) is 24.5. The number of carbonyl (C=O) groups excluding carboxylic acids is 5. The third-order valence-electron chi connectivity index (χ3n) is 5.95. The molecule has 2 heterocycles. The van der Waals surface area contributed by atoms with Crippen LogP contribution in [0.4, 0.5) is 0 Å². The Balaban J connectivity index is 1.85. The van der Waals surface area contributed by atoms with Crippen molar-refractivity contribution < 1.29 is 67.0 Å². The van der Waals surface area contributed by atoms with E-state index in [1.165, 1.54) is 18.7 Å². The Labute approximate surface area is 246 Å². The van der Waals surface area contributed by atoms with Gasteiger partial charge in [-0.15, -0.1) is 0 Å². The van der Waals surface area contributed by atoms with Crippen LogP contribution in [0.1, 0.15) is 34.6 Å². The van der Waals surface area contributed by atoms with Gasteiger partial charge in [0.05, 0.1) is 13.2 Å². The predicted molar refractivity (Wildman–Crippen MR) is 140 cm³/mol. The van der Waals surface area contributed by atoms with Gasteiger partial charge in [0.2, 0.25) is 0 Å². The van der Waals surface area contributed by atoms with Crippen molar-refractivity contribution in [2.24, 2.45) is 0 Å². The quantitative estimate of drug-likeness (QED) is 0.290. The average molecular weight is 615 g/mol. The number of carbonyl (C=O) groups is 5. The summed E-state index contributed by atoms with van der Waals surface area (Å²) in [6.45, 7) is 5.06. The van der Waals surface area contributed by atoms with E-state index < -0.39 is 90.9 Å². The molecule has 0 spiro atoms. The molecule has 15 heteroatoms. The molecule has 0 bridgehead atoms. The number of aliphatic hydroxyl groups is 1. The maximum Gasteiger partial charge on any atom is 0.303 e. The van der Waals surface area contributed by atoms with E-state index in [2.05, 4.69) is 0 Å². The highest BCUT2D eigenvalue weighted by atomic mass is 32.2.